The number of hydrogen-bond acceptors (Lipinski definition) is 4. The van der Waals surface area contributed by atoms with Crippen molar-refractivity contribution in [3.8, 4) is 0 Å². The average Bonchev–Trinajstić information content (AvgIpc) is 2.37. The second kappa shape index (κ2) is 8.86. The molecule has 4 heteroatoms. The maximum absolute atomic E-state index is 9.72. The van der Waals surface area contributed by atoms with Crippen molar-refractivity contribution in [2.45, 2.75) is 57.7 Å². The summed E-state index contributed by atoms with van der Waals surface area (Å²) in [5, 5.41) is 28.6. The van der Waals surface area contributed by atoms with Gasteiger partial charge in [-0.25, -0.2) is 0 Å². The smallest absolute Gasteiger partial charge is 0.0929 e. The van der Waals surface area contributed by atoms with E-state index in [9.17, 15) is 10.2 Å². The van der Waals surface area contributed by atoms with E-state index < -0.39 is 12.2 Å². The second-order valence-corrected chi connectivity index (χ2v) is 5.53. The highest BCUT2D eigenvalue weighted by molar-refractivity contribution is 4.86. The summed E-state index contributed by atoms with van der Waals surface area (Å²) in [7, 11) is 0. The summed E-state index contributed by atoms with van der Waals surface area (Å²) in [4.78, 5) is 2.16. The highest BCUT2D eigenvalue weighted by Gasteiger charge is 2.33. The van der Waals surface area contributed by atoms with Crippen molar-refractivity contribution >= 4 is 0 Å². The van der Waals surface area contributed by atoms with Gasteiger partial charge in [-0.05, 0) is 13.0 Å². The lowest BCUT2D eigenvalue weighted by molar-refractivity contribution is -0.0861. The van der Waals surface area contributed by atoms with Crippen molar-refractivity contribution in [1.29, 1.82) is 0 Å². The minimum absolute atomic E-state index is 0.0504. The lowest BCUT2D eigenvalue weighted by Crippen LogP contribution is -2.53. The van der Waals surface area contributed by atoms with Crippen LogP contribution in [0.3, 0.4) is 0 Å². The molecule has 3 N–H and O–H groups in total. The van der Waals surface area contributed by atoms with Gasteiger partial charge in [0.15, 0.2) is 0 Å². The Morgan fingerprint density at radius 2 is 1.67 bits per heavy atom. The number of likely N-dealkylation sites (tertiary alicyclic amines) is 1. The van der Waals surface area contributed by atoms with Crippen LogP contribution >= 0.6 is 0 Å². The van der Waals surface area contributed by atoms with Crippen LogP contribution in [0.1, 0.15) is 45.4 Å². The summed E-state index contributed by atoms with van der Waals surface area (Å²) in [5.41, 5.74) is 0. The molecule has 1 fully saturated rings. The zero-order valence-corrected chi connectivity index (χ0v) is 11.6. The lowest BCUT2D eigenvalue weighted by Gasteiger charge is -2.38. The fourth-order valence-electron chi connectivity index (χ4n) is 2.66. The first-order valence-corrected chi connectivity index (χ1v) is 7.38. The van der Waals surface area contributed by atoms with Crippen LogP contribution in [0.2, 0.25) is 0 Å². The van der Waals surface area contributed by atoms with Crippen LogP contribution in [0.15, 0.2) is 0 Å². The number of aliphatic hydroxyl groups excluding tert-OH is 3. The van der Waals surface area contributed by atoms with Crippen molar-refractivity contribution < 1.29 is 15.3 Å². The number of piperidine rings is 1. The first-order valence-electron chi connectivity index (χ1n) is 7.38. The average molecular weight is 259 g/mol. The summed E-state index contributed by atoms with van der Waals surface area (Å²) in [6.07, 6.45) is 6.10. The predicted molar refractivity (Wildman–Crippen MR) is 72.4 cm³/mol. The highest BCUT2D eigenvalue weighted by atomic mass is 16.3. The summed E-state index contributed by atoms with van der Waals surface area (Å²) < 4.78 is 0. The van der Waals surface area contributed by atoms with Gasteiger partial charge in [-0.1, -0.05) is 39.0 Å². The molecule has 1 rings (SSSR count). The van der Waals surface area contributed by atoms with Crippen LogP contribution in [0.5, 0.6) is 0 Å². The Hall–Kier alpha value is -0.160. The molecule has 1 saturated heterocycles. The van der Waals surface area contributed by atoms with Crippen LogP contribution in [0.4, 0.5) is 0 Å². The topological polar surface area (TPSA) is 63.9 Å². The van der Waals surface area contributed by atoms with Crippen LogP contribution in [0.25, 0.3) is 0 Å². The molecule has 0 radical (unpaired) electrons. The maximum Gasteiger partial charge on any atom is 0.0929 e. The molecule has 108 valence electrons. The molecule has 1 aliphatic rings. The van der Waals surface area contributed by atoms with Crippen molar-refractivity contribution in [1.82, 2.24) is 4.90 Å². The van der Waals surface area contributed by atoms with Crippen molar-refractivity contribution in [2.75, 3.05) is 26.2 Å². The van der Waals surface area contributed by atoms with Crippen molar-refractivity contribution in [3.63, 3.8) is 0 Å². The summed E-state index contributed by atoms with van der Waals surface area (Å²) in [6.45, 7) is 4.36. The Labute approximate surface area is 111 Å². The molecule has 0 aromatic rings. The molecule has 18 heavy (non-hydrogen) atoms. The third-order valence-electron chi connectivity index (χ3n) is 3.88. The van der Waals surface area contributed by atoms with Gasteiger partial charge in [-0.2, -0.15) is 0 Å². The van der Waals surface area contributed by atoms with Gasteiger partial charge < -0.3 is 20.2 Å². The minimum Gasteiger partial charge on any atom is -0.396 e. The lowest BCUT2D eigenvalue weighted by atomic mass is 9.93. The van der Waals surface area contributed by atoms with Gasteiger partial charge in [0.05, 0.1) is 12.2 Å². The molecule has 0 aliphatic carbocycles. The standard InChI is InChI=1S/C14H29NO3/c1-2-3-4-5-6-7-8-15-9-12(11-16)14(18)13(17)10-15/h12-14,16-18H,2-11H2,1H3/t12-,13-,14-/m0/s1. The molecule has 0 unspecified atom stereocenters. The molecule has 0 amide bonds. The predicted octanol–water partition coefficient (Wildman–Crippen LogP) is 0.993. The SMILES string of the molecule is CCCCCCCCN1C[C@@H](CO)[C@H](O)[C@@H](O)C1. The Morgan fingerprint density at radius 1 is 1.00 bits per heavy atom. The Bertz CT molecular complexity index is 213. The number of unbranched alkanes of at least 4 members (excludes halogenated alkanes) is 5. The quantitative estimate of drug-likeness (QED) is 0.569. The molecule has 0 bridgehead atoms. The van der Waals surface area contributed by atoms with Crippen LogP contribution in [-0.2, 0) is 0 Å². The van der Waals surface area contributed by atoms with Crippen LogP contribution in [0, 0.1) is 5.92 Å². The number of aliphatic hydroxyl groups is 3. The van der Waals surface area contributed by atoms with E-state index in [1.54, 1.807) is 0 Å². The van der Waals surface area contributed by atoms with Crippen molar-refractivity contribution in [2.24, 2.45) is 5.92 Å². The Morgan fingerprint density at radius 3 is 2.33 bits per heavy atom. The normalized spacial score (nSPS) is 29.7. The van der Waals surface area contributed by atoms with E-state index in [0.29, 0.717) is 13.1 Å². The number of β-amino-alcohol motifs (C(OH)–C–C–N with tert-alkyl or cyclic N) is 1. The van der Waals surface area contributed by atoms with E-state index in [-0.39, 0.29) is 12.5 Å². The fourth-order valence-corrected chi connectivity index (χ4v) is 2.66. The minimum atomic E-state index is -0.768. The van der Waals surface area contributed by atoms with E-state index in [2.05, 4.69) is 11.8 Å². The number of nitrogens with zero attached hydrogens (tertiary/aromatic N) is 1. The zero-order valence-electron chi connectivity index (χ0n) is 11.6. The highest BCUT2D eigenvalue weighted by Crippen LogP contribution is 2.18. The summed E-state index contributed by atoms with van der Waals surface area (Å²) >= 11 is 0. The molecule has 1 heterocycles. The third kappa shape index (κ3) is 5.22. The second-order valence-electron chi connectivity index (χ2n) is 5.53. The van der Waals surface area contributed by atoms with E-state index in [0.717, 1.165) is 13.0 Å². The molecule has 1 aliphatic heterocycles. The first-order chi connectivity index (χ1) is 8.69. The molecule has 0 aromatic carbocycles. The van der Waals surface area contributed by atoms with Crippen LogP contribution < -0.4 is 0 Å². The van der Waals surface area contributed by atoms with E-state index in [1.807, 2.05) is 0 Å². The first kappa shape index (κ1) is 15.9. The molecule has 0 aromatic heterocycles. The summed E-state index contributed by atoms with van der Waals surface area (Å²) in [6, 6.07) is 0. The largest absolute Gasteiger partial charge is 0.396 e. The molecular weight excluding hydrogens is 230 g/mol. The third-order valence-corrected chi connectivity index (χ3v) is 3.88. The fraction of sp³-hybridized carbons (Fsp3) is 1.00. The van der Waals surface area contributed by atoms with Gasteiger partial charge in [-0.3, -0.25) is 0 Å². The molecular formula is C14H29NO3. The molecule has 0 spiro atoms. The van der Waals surface area contributed by atoms with Crippen LogP contribution in [-0.4, -0.2) is 58.7 Å². The number of rotatable bonds is 8. The van der Waals surface area contributed by atoms with Gasteiger partial charge in [0.2, 0.25) is 0 Å². The zero-order chi connectivity index (χ0) is 13.4. The van der Waals surface area contributed by atoms with E-state index in [1.165, 1.54) is 32.1 Å². The van der Waals surface area contributed by atoms with Crippen molar-refractivity contribution in [3.05, 3.63) is 0 Å². The summed E-state index contributed by atoms with van der Waals surface area (Å²) in [5.74, 6) is -0.200. The Balaban J connectivity index is 2.14. The molecule has 4 nitrogen and oxygen atoms in total. The van der Waals surface area contributed by atoms with Gasteiger partial charge in [-0.15, -0.1) is 0 Å². The van der Waals surface area contributed by atoms with Gasteiger partial charge in [0, 0.05) is 25.6 Å². The van der Waals surface area contributed by atoms with E-state index in [4.69, 9.17) is 5.11 Å². The monoisotopic (exact) mass is 259 g/mol. The van der Waals surface area contributed by atoms with Gasteiger partial charge >= 0.3 is 0 Å². The maximum atomic E-state index is 9.72. The Kier molecular flexibility index (Phi) is 7.82. The number of hydrogen-bond donors (Lipinski definition) is 3. The van der Waals surface area contributed by atoms with E-state index >= 15 is 0 Å². The van der Waals surface area contributed by atoms with Gasteiger partial charge in [0.1, 0.15) is 0 Å². The molecule has 3 atom stereocenters. The molecule has 0 saturated carbocycles. The van der Waals surface area contributed by atoms with Gasteiger partial charge in [0.25, 0.3) is 0 Å².